The Labute approximate surface area is 203 Å². The summed E-state index contributed by atoms with van der Waals surface area (Å²) in [5.41, 5.74) is 0.316. The van der Waals surface area contributed by atoms with E-state index in [9.17, 15) is 28.1 Å². The zero-order chi connectivity index (χ0) is 25.2. The topological polar surface area (TPSA) is 150 Å². The second-order valence-electron chi connectivity index (χ2n) is 7.41. The van der Waals surface area contributed by atoms with Gasteiger partial charge in [0.25, 0.3) is 11.6 Å². The second kappa shape index (κ2) is 10.0. The predicted octanol–water partition coefficient (Wildman–Crippen LogP) is 1.55. The summed E-state index contributed by atoms with van der Waals surface area (Å²) in [7, 11) is -2.51. The molecule has 0 spiro atoms. The number of non-ortho nitro benzene ring substituents is 1. The van der Waals surface area contributed by atoms with E-state index >= 15 is 0 Å². The van der Waals surface area contributed by atoms with Gasteiger partial charge in [0, 0.05) is 30.8 Å². The molecule has 3 aromatic rings. The molecule has 2 aromatic carbocycles. The number of aromatic nitrogens is 1. The highest BCUT2D eigenvalue weighted by molar-refractivity contribution is 7.89. The first-order valence-electron chi connectivity index (χ1n) is 10.3. The van der Waals surface area contributed by atoms with Crippen molar-refractivity contribution in [1.29, 1.82) is 0 Å². The van der Waals surface area contributed by atoms with Gasteiger partial charge in [0.15, 0.2) is 4.80 Å². The van der Waals surface area contributed by atoms with Crippen LogP contribution in [0.25, 0.3) is 10.2 Å². The Kier molecular flexibility index (Phi) is 7.07. The number of morpholine rings is 1. The fourth-order valence-electron chi connectivity index (χ4n) is 3.46. The van der Waals surface area contributed by atoms with Gasteiger partial charge < -0.3 is 14.0 Å². The van der Waals surface area contributed by atoms with Crippen LogP contribution in [0.1, 0.15) is 10.4 Å². The number of nitro groups is 1. The summed E-state index contributed by atoms with van der Waals surface area (Å²) in [6, 6.07) is 9.53. The average Bonchev–Trinajstić information content (AvgIpc) is 3.20. The quantitative estimate of drug-likeness (QED) is 0.270. The Bertz CT molecular complexity index is 1470. The summed E-state index contributed by atoms with van der Waals surface area (Å²) in [5.74, 6) is -1.29. The Balaban J connectivity index is 1.69. The maximum atomic E-state index is 12.9. The van der Waals surface area contributed by atoms with Gasteiger partial charge in [-0.05, 0) is 30.3 Å². The van der Waals surface area contributed by atoms with Crippen LogP contribution >= 0.6 is 11.3 Å². The van der Waals surface area contributed by atoms with Crippen LogP contribution in [0.3, 0.4) is 0 Å². The van der Waals surface area contributed by atoms with Crippen molar-refractivity contribution >= 4 is 49.1 Å². The van der Waals surface area contributed by atoms with Gasteiger partial charge in [0.2, 0.25) is 10.0 Å². The zero-order valence-electron chi connectivity index (χ0n) is 18.4. The number of thiazole rings is 1. The molecule has 1 aromatic heterocycles. The number of fused-ring (bicyclic) bond motifs is 1. The minimum Gasteiger partial charge on any atom is -0.468 e. The molecule has 14 heteroatoms. The van der Waals surface area contributed by atoms with E-state index in [4.69, 9.17) is 9.47 Å². The normalized spacial score (nSPS) is 15.3. The standard InChI is InChI=1S/C21H20N4O8S2/c1-32-19(26)13-24-17-12-15(25(28)29)4-7-18(17)34-21(24)22-20(27)14-2-5-16(6-3-14)35(30,31)23-8-10-33-11-9-23/h2-7,12H,8-11,13H2,1H3. The van der Waals surface area contributed by atoms with Crippen molar-refractivity contribution in [3.63, 3.8) is 0 Å². The van der Waals surface area contributed by atoms with Gasteiger partial charge in [-0.3, -0.25) is 19.7 Å². The number of rotatable bonds is 6. The lowest BCUT2D eigenvalue weighted by atomic mass is 10.2. The van der Waals surface area contributed by atoms with Crippen molar-refractivity contribution in [2.24, 2.45) is 4.99 Å². The molecule has 0 saturated carbocycles. The van der Waals surface area contributed by atoms with Gasteiger partial charge in [-0.2, -0.15) is 9.30 Å². The highest BCUT2D eigenvalue weighted by Gasteiger charge is 2.26. The minimum atomic E-state index is -3.71. The molecule has 0 radical (unpaired) electrons. The molecule has 12 nitrogen and oxygen atoms in total. The molecule has 35 heavy (non-hydrogen) atoms. The number of hydrogen-bond acceptors (Lipinski definition) is 9. The number of sulfonamides is 1. The summed E-state index contributed by atoms with van der Waals surface area (Å²) in [6.07, 6.45) is 0. The lowest BCUT2D eigenvalue weighted by molar-refractivity contribution is -0.384. The number of carbonyl (C=O) groups excluding carboxylic acids is 2. The van der Waals surface area contributed by atoms with Crippen LogP contribution in [0, 0.1) is 10.1 Å². The molecule has 0 bridgehead atoms. The highest BCUT2D eigenvalue weighted by atomic mass is 32.2. The first kappa shape index (κ1) is 24.7. The Morgan fingerprint density at radius 2 is 1.86 bits per heavy atom. The predicted molar refractivity (Wildman–Crippen MR) is 124 cm³/mol. The fourth-order valence-corrected chi connectivity index (χ4v) is 5.88. The van der Waals surface area contributed by atoms with E-state index in [-0.39, 0.29) is 40.6 Å². The lowest BCUT2D eigenvalue weighted by Crippen LogP contribution is -2.40. The Morgan fingerprint density at radius 1 is 1.17 bits per heavy atom. The summed E-state index contributed by atoms with van der Waals surface area (Å²) >= 11 is 1.08. The summed E-state index contributed by atoms with van der Waals surface area (Å²) in [6.45, 7) is 0.836. The molecule has 2 heterocycles. The monoisotopic (exact) mass is 520 g/mol. The molecular formula is C21H20N4O8S2. The van der Waals surface area contributed by atoms with Crippen molar-refractivity contribution in [2.45, 2.75) is 11.4 Å². The fraction of sp³-hybridized carbons (Fsp3) is 0.286. The third kappa shape index (κ3) is 5.14. The maximum Gasteiger partial charge on any atom is 0.325 e. The largest absolute Gasteiger partial charge is 0.468 e. The number of carbonyl (C=O) groups is 2. The van der Waals surface area contributed by atoms with Crippen molar-refractivity contribution < 1.29 is 32.4 Å². The Hall–Kier alpha value is -3.46. The number of esters is 1. The van der Waals surface area contributed by atoms with Gasteiger partial charge in [0.1, 0.15) is 6.54 Å². The zero-order valence-corrected chi connectivity index (χ0v) is 20.1. The van der Waals surface area contributed by atoms with Gasteiger partial charge in [-0.15, -0.1) is 0 Å². The molecular weight excluding hydrogens is 500 g/mol. The summed E-state index contributed by atoms with van der Waals surface area (Å²) in [4.78, 5) is 39.7. The van der Waals surface area contributed by atoms with Crippen LogP contribution < -0.4 is 4.80 Å². The van der Waals surface area contributed by atoms with Crippen LogP contribution in [0.15, 0.2) is 52.4 Å². The summed E-state index contributed by atoms with van der Waals surface area (Å²) < 4.78 is 38.7. The molecule has 1 saturated heterocycles. The van der Waals surface area contributed by atoms with E-state index in [1.807, 2.05) is 0 Å². The molecule has 0 N–H and O–H groups in total. The van der Waals surface area contributed by atoms with E-state index in [0.29, 0.717) is 23.4 Å². The van der Waals surface area contributed by atoms with E-state index in [2.05, 4.69) is 4.99 Å². The van der Waals surface area contributed by atoms with Crippen LogP contribution in [0.5, 0.6) is 0 Å². The van der Waals surface area contributed by atoms with E-state index < -0.39 is 26.8 Å². The SMILES string of the molecule is COC(=O)Cn1c(=NC(=O)c2ccc(S(=O)(=O)N3CCOCC3)cc2)sc2ccc([N+](=O)[O-])cc21. The van der Waals surface area contributed by atoms with Crippen LogP contribution in [-0.4, -0.2) is 67.5 Å². The minimum absolute atomic E-state index is 0.0471. The molecule has 0 aliphatic carbocycles. The van der Waals surface area contributed by atoms with Crippen molar-refractivity contribution in [2.75, 3.05) is 33.4 Å². The molecule has 0 unspecified atom stereocenters. The van der Waals surface area contributed by atoms with Crippen LogP contribution in [0.2, 0.25) is 0 Å². The number of methoxy groups -OCH3 is 1. The van der Waals surface area contributed by atoms with Crippen LogP contribution in [-0.2, 0) is 30.8 Å². The number of nitrogens with zero attached hydrogens (tertiary/aromatic N) is 4. The first-order chi connectivity index (χ1) is 16.7. The van der Waals surface area contributed by atoms with E-state index in [0.717, 1.165) is 11.3 Å². The van der Waals surface area contributed by atoms with Gasteiger partial charge in [-0.1, -0.05) is 11.3 Å². The highest BCUT2D eigenvalue weighted by Crippen LogP contribution is 2.23. The Morgan fingerprint density at radius 3 is 2.49 bits per heavy atom. The van der Waals surface area contributed by atoms with Crippen molar-refractivity contribution in [1.82, 2.24) is 8.87 Å². The lowest BCUT2D eigenvalue weighted by Gasteiger charge is -2.26. The molecule has 1 aliphatic heterocycles. The number of amides is 1. The number of hydrogen-bond donors (Lipinski definition) is 0. The second-order valence-corrected chi connectivity index (χ2v) is 10.4. The third-order valence-electron chi connectivity index (χ3n) is 5.30. The third-order valence-corrected chi connectivity index (χ3v) is 8.27. The number of nitro benzene ring substituents is 1. The molecule has 184 valence electrons. The maximum absolute atomic E-state index is 12.9. The van der Waals surface area contributed by atoms with Crippen LogP contribution in [0.4, 0.5) is 5.69 Å². The number of ether oxygens (including phenoxy) is 2. The summed E-state index contributed by atoms with van der Waals surface area (Å²) in [5, 5.41) is 11.2. The molecule has 0 atom stereocenters. The smallest absolute Gasteiger partial charge is 0.325 e. The number of benzene rings is 2. The van der Waals surface area contributed by atoms with Gasteiger partial charge in [-0.25, -0.2) is 8.42 Å². The first-order valence-corrected chi connectivity index (χ1v) is 12.6. The average molecular weight is 521 g/mol. The van der Waals surface area contributed by atoms with E-state index in [1.54, 1.807) is 0 Å². The molecule has 4 rings (SSSR count). The van der Waals surface area contributed by atoms with Crippen molar-refractivity contribution in [3.8, 4) is 0 Å². The van der Waals surface area contributed by atoms with Crippen molar-refractivity contribution in [3.05, 3.63) is 62.9 Å². The van der Waals surface area contributed by atoms with Gasteiger partial charge in [0.05, 0.1) is 40.4 Å². The van der Waals surface area contributed by atoms with Gasteiger partial charge >= 0.3 is 5.97 Å². The van der Waals surface area contributed by atoms with E-state index in [1.165, 1.54) is 58.4 Å². The molecule has 1 aliphatic rings. The molecule has 1 fully saturated rings. The molecule has 1 amide bonds.